The van der Waals surface area contributed by atoms with Crippen LogP contribution in [0.5, 0.6) is 0 Å². The molecule has 144 valence electrons. The van der Waals surface area contributed by atoms with Crippen LogP contribution >= 0.6 is 11.6 Å². The molecular weight excluding hydrogens is 384 g/mol. The number of halogens is 1. The number of furan rings is 1. The van der Waals surface area contributed by atoms with Crippen molar-refractivity contribution < 1.29 is 18.4 Å². The summed E-state index contributed by atoms with van der Waals surface area (Å²) in [4.78, 5) is 32.5. The second-order valence-electron chi connectivity index (χ2n) is 6.20. The van der Waals surface area contributed by atoms with Crippen LogP contribution < -0.4 is 10.2 Å². The molecule has 2 amide bonds. The maximum Gasteiger partial charge on any atom is 0.302 e. The molecule has 0 bridgehead atoms. The van der Waals surface area contributed by atoms with Gasteiger partial charge in [-0.1, -0.05) is 23.7 Å². The van der Waals surface area contributed by atoms with Crippen molar-refractivity contribution in [1.29, 1.82) is 0 Å². The molecule has 4 rings (SSSR count). The summed E-state index contributed by atoms with van der Waals surface area (Å²) < 4.78 is 10.2. The van der Waals surface area contributed by atoms with E-state index in [0.717, 1.165) is 5.69 Å². The van der Waals surface area contributed by atoms with Crippen LogP contribution in [0.2, 0.25) is 5.02 Å². The molecule has 2 aromatic heterocycles. The first kappa shape index (κ1) is 18.1. The minimum absolute atomic E-state index is 0.0561. The van der Waals surface area contributed by atoms with Crippen LogP contribution in [0, 0.1) is 0 Å². The summed E-state index contributed by atoms with van der Waals surface area (Å²) in [6.45, 7) is 2.39. The average molecular weight is 401 g/mol. The van der Waals surface area contributed by atoms with Gasteiger partial charge in [-0.2, -0.15) is 4.98 Å². The summed E-state index contributed by atoms with van der Waals surface area (Å²) in [7, 11) is 0. The van der Waals surface area contributed by atoms with Gasteiger partial charge in [-0.3, -0.25) is 14.9 Å². The molecule has 1 saturated heterocycles. The number of hydrogen-bond donors (Lipinski definition) is 1. The van der Waals surface area contributed by atoms with Crippen LogP contribution in [0.25, 0.3) is 0 Å². The Morgan fingerprint density at radius 2 is 1.82 bits per heavy atom. The maximum absolute atomic E-state index is 12.7. The lowest BCUT2D eigenvalue weighted by atomic mass is 10.2. The molecule has 0 atom stereocenters. The van der Waals surface area contributed by atoms with Crippen molar-refractivity contribution in [1.82, 2.24) is 9.88 Å². The van der Waals surface area contributed by atoms with E-state index in [0.29, 0.717) is 31.2 Å². The molecular formula is C19H17ClN4O4. The first-order valence-corrected chi connectivity index (χ1v) is 9.09. The second-order valence-corrected chi connectivity index (χ2v) is 6.61. The van der Waals surface area contributed by atoms with Gasteiger partial charge in [0.25, 0.3) is 11.8 Å². The number of aromatic nitrogens is 1. The number of para-hydroxylation sites is 1. The number of carbonyl (C=O) groups excluding carboxylic acids is 2. The number of rotatable bonds is 4. The van der Waals surface area contributed by atoms with Crippen molar-refractivity contribution in [2.75, 3.05) is 36.4 Å². The predicted octanol–water partition coefficient (Wildman–Crippen LogP) is 3.14. The molecule has 8 nitrogen and oxygen atoms in total. The monoisotopic (exact) mass is 400 g/mol. The standard InChI is InChI=1S/C19H17ClN4O4/c20-13-4-1-2-5-15(13)23-7-9-24(10-8-23)18(26)14-12-28-19(21-14)22-17(25)16-6-3-11-27-16/h1-6,11-12H,7-10H2,(H,21,22,25). The fraction of sp³-hybridized carbons (Fsp3) is 0.211. The average Bonchev–Trinajstić information content (AvgIpc) is 3.40. The van der Waals surface area contributed by atoms with Gasteiger partial charge >= 0.3 is 6.01 Å². The van der Waals surface area contributed by atoms with E-state index in [1.807, 2.05) is 24.3 Å². The third-order valence-electron chi connectivity index (χ3n) is 4.45. The van der Waals surface area contributed by atoms with Gasteiger partial charge in [0.2, 0.25) is 0 Å². The Hall–Kier alpha value is -3.26. The zero-order valence-electron chi connectivity index (χ0n) is 14.8. The van der Waals surface area contributed by atoms with Gasteiger partial charge < -0.3 is 18.6 Å². The highest BCUT2D eigenvalue weighted by molar-refractivity contribution is 6.33. The van der Waals surface area contributed by atoms with Crippen LogP contribution in [0.3, 0.4) is 0 Å². The highest BCUT2D eigenvalue weighted by Gasteiger charge is 2.25. The molecule has 1 aliphatic rings. The third kappa shape index (κ3) is 3.72. The molecule has 28 heavy (non-hydrogen) atoms. The SMILES string of the molecule is O=C(Nc1nc(C(=O)N2CCN(c3ccccc3Cl)CC2)co1)c1ccco1. The predicted molar refractivity (Wildman–Crippen MR) is 103 cm³/mol. The summed E-state index contributed by atoms with van der Waals surface area (Å²) in [5, 5.41) is 3.14. The molecule has 1 aromatic carbocycles. The van der Waals surface area contributed by atoms with Crippen molar-refractivity contribution in [3.63, 3.8) is 0 Å². The largest absolute Gasteiger partial charge is 0.459 e. The number of nitrogens with zero attached hydrogens (tertiary/aromatic N) is 3. The number of amides is 2. The molecule has 0 aliphatic carbocycles. The van der Waals surface area contributed by atoms with Gasteiger partial charge in [0.1, 0.15) is 6.26 Å². The number of hydrogen-bond acceptors (Lipinski definition) is 6. The minimum atomic E-state index is -0.501. The fourth-order valence-corrected chi connectivity index (χ4v) is 3.27. The minimum Gasteiger partial charge on any atom is -0.459 e. The van der Waals surface area contributed by atoms with Crippen molar-refractivity contribution in [3.8, 4) is 0 Å². The molecule has 1 fully saturated rings. The third-order valence-corrected chi connectivity index (χ3v) is 4.77. The highest BCUT2D eigenvalue weighted by atomic mass is 35.5. The number of nitrogens with one attached hydrogen (secondary N) is 1. The van der Waals surface area contributed by atoms with Crippen molar-refractivity contribution in [3.05, 3.63) is 65.4 Å². The van der Waals surface area contributed by atoms with E-state index in [1.165, 1.54) is 18.6 Å². The van der Waals surface area contributed by atoms with Crippen molar-refractivity contribution in [2.45, 2.75) is 0 Å². The molecule has 1 aliphatic heterocycles. The lowest BCUT2D eigenvalue weighted by Crippen LogP contribution is -2.49. The molecule has 3 aromatic rings. The molecule has 0 saturated carbocycles. The zero-order valence-corrected chi connectivity index (χ0v) is 15.6. The highest BCUT2D eigenvalue weighted by Crippen LogP contribution is 2.26. The van der Waals surface area contributed by atoms with Gasteiger partial charge in [-0.05, 0) is 24.3 Å². The molecule has 1 N–H and O–H groups in total. The topological polar surface area (TPSA) is 91.8 Å². The first-order valence-electron chi connectivity index (χ1n) is 8.71. The molecule has 0 spiro atoms. The molecule has 9 heteroatoms. The van der Waals surface area contributed by atoms with E-state index in [4.69, 9.17) is 20.4 Å². The van der Waals surface area contributed by atoms with E-state index in [-0.39, 0.29) is 23.4 Å². The number of benzene rings is 1. The zero-order chi connectivity index (χ0) is 19.5. The summed E-state index contributed by atoms with van der Waals surface area (Å²) >= 11 is 6.25. The van der Waals surface area contributed by atoms with E-state index in [9.17, 15) is 9.59 Å². The summed E-state index contributed by atoms with van der Waals surface area (Å²) in [5.41, 5.74) is 1.10. The Labute approximate surface area is 165 Å². The maximum atomic E-state index is 12.7. The number of piperazine rings is 1. The Balaban J connectivity index is 1.36. The van der Waals surface area contributed by atoms with E-state index >= 15 is 0 Å². The van der Waals surface area contributed by atoms with Crippen LogP contribution in [-0.2, 0) is 0 Å². The Morgan fingerprint density at radius 1 is 1.04 bits per heavy atom. The van der Waals surface area contributed by atoms with Crippen molar-refractivity contribution in [2.24, 2.45) is 0 Å². The van der Waals surface area contributed by atoms with Gasteiger partial charge in [-0.25, -0.2) is 0 Å². The fourth-order valence-electron chi connectivity index (χ4n) is 3.02. The van der Waals surface area contributed by atoms with Crippen LogP contribution in [-0.4, -0.2) is 47.9 Å². The van der Waals surface area contributed by atoms with Gasteiger partial charge in [0.05, 0.1) is 17.0 Å². The normalized spacial score (nSPS) is 14.2. The van der Waals surface area contributed by atoms with Gasteiger partial charge in [0, 0.05) is 26.2 Å². The van der Waals surface area contributed by atoms with E-state index in [2.05, 4.69) is 15.2 Å². The van der Waals surface area contributed by atoms with E-state index < -0.39 is 5.91 Å². The van der Waals surface area contributed by atoms with Crippen LogP contribution in [0.1, 0.15) is 21.0 Å². The van der Waals surface area contributed by atoms with Gasteiger partial charge in [0.15, 0.2) is 11.5 Å². The molecule has 3 heterocycles. The molecule has 0 unspecified atom stereocenters. The number of oxazole rings is 1. The van der Waals surface area contributed by atoms with E-state index in [1.54, 1.807) is 11.0 Å². The summed E-state index contributed by atoms with van der Waals surface area (Å²) in [6.07, 6.45) is 2.63. The Morgan fingerprint density at radius 3 is 2.54 bits per heavy atom. The number of anilines is 2. The number of carbonyl (C=O) groups is 2. The summed E-state index contributed by atoms with van der Waals surface area (Å²) in [6, 6.07) is 10.7. The Bertz CT molecular complexity index is 978. The lowest BCUT2D eigenvalue weighted by molar-refractivity contribution is 0.0740. The lowest BCUT2D eigenvalue weighted by Gasteiger charge is -2.36. The van der Waals surface area contributed by atoms with Crippen LogP contribution in [0.15, 0.2) is 57.8 Å². The molecule has 0 radical (unpaired) electrons. The smallest absolute Gasteiger partial charge is 0.302 e. The Kier molecular flexibility index (Phi) is 5.03. The quantitative estimate of drug-likeness (QED) is 0.723. The van der Waals surface area contributed by atoms with Crippen LogP contribution in [0.4, 0.5) is 11.7 Å². The van der Waals surface area contributed by atoms with Gasteiger partial charge in [-0.15, -0.1) is 0 Å². The first-order chi connectivity index (χ1) is 13.6. The van der Waals surface area contributed by atoms with Crippen molar-refractivity contribution >= 4 is 35.1 Å². The second kappa shape index (κ2) is 7.77. The summed E-state index contributed by atoms with van der Waals surface area (Å²) in [5.74, 6) is -0.623.